The van der Waals surface area contributed by atoms with Gasteiger partial charge < -0.3 is 29.3 Å². The van der Waals surface area contributed by atoms with Crippen LogP contribution in [0.1, 0.15) is 61.6 Å². The minimum Gasteiger partial charge on any atom is -0.507 e. The van der Waals surface area contributed by atoms with Gasteiger partial charge in [0.05, 0.1) is 34.7 Å². The molecule has 5 rings (SSSR count). The minimum atomic E-state index is -1.10. The lowest BCUT2D eigenvalue weighted by molar-refractivity contribution is -0.138. The van der Waals surface area contributed by atoms with Crippen LogP contribution >= 0.6 is 11.6 Å². The smallest absolute Gasteiger partial charge is 0.343 e. The minimum absolute atomic E-state index is 0.0600. The zero-order chi connectivity index (χ0) is 32.8. The molecule has 0 aliphatic carbocycles. The Morgan fingerprint density at radius 3 is 1.67 bits per heavy atom. The zero-order valence-electron chi connectivity index (χ0n) is 24.4. The number of aromatic hydroxyl groups is 2. The van der Waals surface area contributed by atoms with E-state index in [2.05, 4.69) is 0 Å². The molecular weight excluding hydrogens is 604 g/mol. The molecule has 0 radical (unpaired) electrons. The van der Waals surface area contributed by atoms with Crippen LogP contribution in [0, 0.1) is 5.92 Å². The van der Waals surface area contributed by atoms with E-state index in [1.807, 2.05) is 13.8 Å². The first-order chi connectivity index (χ1) is 21.4. The summed E-state index contributed by atoms with van der Waals surface area (Å²) in [7, 11) is 0. The van der Waals surface area contributed by atoms with Crippen LogP contribution in [0.4, 0.5) is 0 Å². The summed E-state index contributed by atoms with van der Waals surface area (Å²) in [6.07, 6.45) is -0.0872. The molecule has 5 aromatic rings. The van der Waals surface area contributed by atoms with Gasteiger partial charge in [-0.05, 0) is 54.3 Å². The second-order valence-electron chi connectivity index (χ2n) is 10.9. The number of carbonyl (C=O) groups is 2. The maximum Gasteiger partial charge on any atom is 0.343 e. The Labute approximate surface area is 261 Å². The molecular formula is C34H31ClO10. The topological polar surface area (TPSA) is 175 Å². The summed E-state index contributed by atoms with van der Waals surface area (Å²) in [5, 5.41) is 40.4. The molecule has 0 fully saturated rings. The Bertz CT molecular complexity index is 1960. The first kappa shape index (κ1) is 32.8. The number of halogens is 1. The molecule has 0 aliphatic rings. The van der Waals surface area contributed by atoms with E-state index in [0.29, 0.717) is 33.4 Å². The highest BCUT2D eigenvalue weighted by molar-refractivity contribution is 6.30. The first-order valence-corrected chi connectivity index (χ1v) is 14.4. The van der Waals surface area contributed by atoms with Crippen molar-refractivity contribution in [1.29, 1.82) is 0 Å². The third-order valence-electron chi connectivity index (χ3n) is 7.22. The molecule has 2 heterocycles. The number of fused-ring (bicyclic) bond motifs is 2. The van der Waals surface area contributed by atoms with E-state index in [4.69, 9.17) is 25.5 Å². The molecule has 2 atom stereocenters. The van der Waals surface area contributed by atoms with Crippen molar-refractivity contribution < 1.29 is 38.8 Å². The van der Waals surface area contributed by atoms with Crippen LogP contribution in [0.5, 0.6) is 11.5 Å². The second-order valence-corrected chi connectivity index (χ2v) is 11.4. The average Bonchev–Trinajstić information content (AvgIpc) is 2.96. The highest BCUT2D eigenvalue weighted by Crippen LogP contribution is 2.37. The van der Waals surface area contributed by atoms with E-state index in [1.54, 1.807) is 72.8 Å². The Morgan fingerprint density at radius 2 is 1.18 bits per heavy atom. The molecule has 45 heavy (non-hydrogen) atoms. The molecule has 0 amide bonds. The van der Waals surface area contributed by atoms with Crippen molar-refractivity contribution >= 4 is 45.5 Å². The molecule has 234 valence electrons. The lowest BCUT2D eigenvalue weighted by atomic mass is 9.87. The number of carboxylic acids is 2. The van der Waals surface area contributed by atoms with Gasteiger partial charge in [0.15, 0.2) is 0 Å². The highest BCUT2D eigenvalue weighted by atomic mass is 35.5. The molecule has 2 aromatic heterocycles. The fourth-order valence-corrected chi connectivity index (χ4v) is 5.43. The van der Waals surface area contributed by atoms with Gasteiger partial charge in [-0.2, -0.15) is 0 Å². The van der Waals surface area contributed by atoms with Gasteiger partial charge in [0.25, 0.3) is 0 Å². The number of carboxylic acid groups (broad SMARTS) is 2. The Balaban J connectivity index is 0.000000207. The van der Waals surface area contributed by atoms with E-state index >= 15 is 0 Å². The van der Waals surface area contributed by atoms with Crippen LogP contribution in [0.15, 0.2) is 91.2 Å². The number of hydrogen-bond donors (Lipinski definition) is 4. The Hall–Kier alpha value is -5.09. The fraction of sp³-hybridized carbons (Fsp3) is 0.235. The number of hydrogen-bond acceptors (Lipinski definition) is 8. The van der Waals surface area contributed by atoms with Crippen molar-refractivity contribution in [3.05, 3.63) is 115 Å². The third-order valence-corrected chi connectivity index (χ3v) is 7.48. The molecule has 0 saturated heterocycles. The van der Waals surface area contributed by atoms with E-state index in [-0.39, 0.29) is 47.0 Å². The van der Waals surface area contributed by atoms with Gasteiger partial charge in [-0.15, -0.1) is 0 Å². The second kappa shape index (κ2) is 14.1. The monoisotopic (exact) mass is 634 g/mol. The normalized spacial score (nSPS) is 12.4. The number of benzene rings is 3. The summed E-state index contributed by atoms with van der Waals surface area (Å²) >= 11 is 5.86. The quantitative estimate of drug-likeness (QED) is 0.125. The average molecular weight is 635 g/mol. The van der Waals surface area contributed by atoms with Crippen LogP contribution in [-0.2, 0) is 9.59 Å². The van der Waals surface area contributed by atoms with E-state index in [1.165, 1.54) is 0 Å². The van der Waals surface area contributed by atoms with Crippen molar-refractivity contribution in [2.75, 3.05) is 0 Å². The summed E-state index contributed by atoms with van der Waals surface area (Å²) in [5.41, 5.74) is -0.343. The standard InChI is InChI=1S/C18H13ClO5.C16H18O5/c19-11-7-5-10(6-8-11)13(9-15(20)21)16-17(22)12-3-1-2-4-14(12)24-18(16)23;1-9(2)7-10(8-13(17)18)14-15(19)11-5-3-4-6-12(11)21-16(14)20/h1-8,13,22H,9H2,(H,20,21);3-6,9-10,19H,7-8H2,1-2H3,(H,17,18). The van der Waals surface area contributed by atoms with Crippen LogP contribution in [0.3, 0.4) is 0 Å². The lowest BCUT2D eigenvalue weighted by Gasteiger charge is -2.18. The number of para-hydroxylation sites is 2. The molecule has 2 unspecified atom stereocenters. The maximum absolute atomic E-state index is 12.4. The lowest BCUT2D eigenvalue weighted by Crippen LogP contribution is -2.17. The Kier molecular flexibility index (Phi) is 10.3. The largest absolute Gasteiger partial charge is 0.507 e. The summed E-state index contributed by atoms with van der Waals surface area (Å²) in [4.78, 5) is 46.8. The van der Waals surface area contributed by atoms with Gasteiger partial charge in [0, 0.05) is 16.9 Å². The SMILES string of the molecule is CC(C)CC(CC(=O)O)c1c(O)c2ccccc2oc1=O.O=C(O)CC(c1ccc(Cl)cc1)c1c(O)c2ccccc2oc1=O. The van der Waals surface area contributed by atoms with Crippen LogP contribution in [0.25, 0.3) is 21.9 Å². The fourth-order valence-electron chi connectivity index (χ4n) is 5.30. The van der Waals surface area contributed by atoms with E-state index < -0.39 is 35.0 Å². The van der Waals surface area contributed by atoms with Gasteiger partial charge in [0.2, 0.25) is 0 Å². The summed E-state index contributed by atoms with van der Waals surface area (Å²) in [6, 6.07) is 19.7. The van der Waals surface area contributed by atoms with Crippen molar-refractivity contribution in [3.63, 3.8) is 0 Å². The summed E-state index contributed by atoms with van der Waals surface area (Å²) in [6.45, 7) is 3.88. The first-order valence-electron chi connectivity index (χ1n) is 14.1. The summed E-state index contributed by atoms with van der Waals surface area (Å²) < 4.78 is 10.5. The van der Waals surface area contributed by atoms with Crippen molar-refractivity contribution in [2.45, 2.75) is 44.9 Å². The molecule has 4 N–H and O–H groups in total. The van der Waals surface area contributed by atoms with Gasteiger partial charge >= 0.3 is 23.2 Å². The van der Waals surface area contributed by atoms with Crippen molar-refractivity contribution in [3.8, 4) is 11.5 Å². The molecule has 10 nitrogen and oxygen atoms in total. The van der Waals surface area contributed by atoms with E-state index in [0.717, 1.165) is 0 Å². The van der Waals surface area contributed by atoms with Gasteiger partial charge in [0.1, 0.15) is 22.7 Å². The number of rotatable bonds is 9. The van der Waals surface area contributed by atoms with Crippen molar-refractivity contribution in [1.82, 2.24) is 0 Å². The zero-order valence-corrected chi connectivity index (χ0v) is 25.2. The molecule has 0 aliphatic heterocycles. The van der Waals surface area contributed by atoms with Gasteiger partial charge in [-0.25, -0.2) is 9.59 Å². The number of aliphatic carboxylic acids is 2. The molecule has 0 saturated carbocycles. The molecule has 11 heteroatoms. The molecule has 0 bridgehead atoms. The predicted octanol–water partition coefficient (Wildman–Crippen LogP) is 6.86. The molecule has 0 spiro atoms. The van der Waals surface area contributed by atoms with Crippen LogP contribution < -0.4 is 11.3 Å². The predicted molar refractivity (Wildman–Crippen MR) is 168 cm³/mol. The highest BCUT2D eigenvalue weighted by Gasteiger charge is 2.27. The van der Waals surface area contributed by atoms with E-state index in [9.17, 15) is 34.5 Å². The maximum atomic E-state index is 12.4. The van der Waals surface area contributed by atoms with Crippen LogP contribution in [0.2, 0.25) is 5.02 Å². The Morgan fingerprint density at radius 1 is 0.711 bits per heavy atom. The van der Waals surface area contributed by atoms with Gasteiger partial charge in [-0.3, -0.25) is 9.59 Å². The van der Waals surface area contributed by atoms with Crippen molar-refractivity contribution in [2.24, 2.45) is 5.92 Å². The summed E-state index contributed by atoms with van der Waals surface area (Å²) in [5.74, 6) is -3.75. The van der Waals surface area contributed by atoms with Crippen LogP contribution in [-0.4, -0.2) is 32.4 Å². The molecule has 3 aromatic carbocycles. The third kappa shape index (κ3) is 7.71. The van der Waals surface area contributed by atoms with Gasteiger partial charge in [-0.1, -0.05) is 61.8 Å².